The molecule has 1 aliphatic carbocycles. The maximum Gasteiger partial charge on any atom is 0.0508 e. The topological polar surface area (TPSA) is 29.3 Å². The minimum atomic E-state index is 0.468. The Morgan fingerprint density at radius 3 is 2.62 bits per heavy atom. The van der Waals surface area contributed by atoms with Crippen LogP contribution in [-0.4, -0.2) is 20.1 Å². The van der Waals surface area contributed by atoms with E-state index in [2.05, 4.69) is 46.1 Å². The van der Waals surface area contributed by atoms with E-state index in [1.165, 1.54) is 24.9 Å². The van der Waals surface area contributed by atoms with Crippen LogP contribution < -0.4 is 10.6 Å². The van der Waals surface area contributed by atoms with Crippen LogP contribution in [0.4, 0.5) is 5.69 Å². The van der Waals surface area contributed by atoms with Gasteiger partial charge in [-0.05, 0) is 59.3 Å². The van der Waals surface area contributed by atoms with Gasteiger partial charge in [-0.15, -0.1) is 0 Å². The lowest BCUT2D eigenvalue weighted by molar-refractivity contribution is 0.481. The summed E-state index contributed by atoms with van der Waals surface area (Å²) in [5.41, 5.74) is 7.52. The van der Waals surface area contributed by atoms with Crippen LogP contribution in [0.3, 0.4) is 0 Å². The fraction of sp³-hybridized carbons (Fsp3) is 0.538. The van der Waals surface area contributed by atoms with Crippen molar-refractivity contribution >= 4 is 21.6 Å². The van der Waals surface area contributed by atoms with Gasteiger partial charge in [0.25, 0.3) is 0 Å². The predicted octanol–water partition coefficient (Wildman–Crippen LogP) is 3.01. The Labute approximate surface area is 106 Å². The molecule has 88 valence electrons. The van der Waals surface area contributed by atoms with Gasteiger partial charge in [-0.25, -0.2) is 0 Å². The molecule has 0 saturated heterocycles. The fourth-order valence-corrected chi connectivity index (χ4v) is 2.61. The van der Waals surface area contributed by atoms with E-state index in [9.17, 15) is 0 Å². The van der Waals surface area contributed by atoms with Crippen molar-refractivity contribution in [1.82, 2.24) is 0 Å². The second kappa shape index (κ2) is 4.76. The Kier molecular flexibility index (Phi) is 3.55. The van der Waals surface area contributed by atoms with Gasteiger partial charge in [0.2, 0.25) is 0 Å². The zero-order valence-corrected chi connectivity index (χ0v) is 11.3. The highest BCUT2D eigenvalue weighted by molar-refractivity contribution is 9.10. The van der Waals surface area contributed by atoms with Crippen LogP contribution in [-0.2, 0) is 0 Å². The summed E-state index contributed by atoms with van der Waals surface area (Å²) in [5.74, 6) is 0. The minimum absolute atomic E-state index is 0.468. The molecule has 1 saturated carbocycles. The zero-order valence-electron chi connectivity index (χ0n) is 9.75. The normalized spacial score (nSPS) is 17.2. The van der Waals surface area contributed by atoms with E-state index in [4.69, 9.17) is 5.73 Å². The molecule has 0 amide bonds. The van der Waals surface area contributed by atoms with Crippen molar-refractivity contribution in [2.45, 2.75) is 19.3 Å². The van der Waals surface area contributed by atoms with Crippen molar-refractivity contribution in [1.29, 1.82) is 0 Å². The molecule has 2 N–H and O–H groups in total. The van der Waals surface area contributed by atoms with Gasteiger partial charge in [-0.1, -0.05) is 12.1 Å². The molecule has 1 fully saturated rings. The summed E-state index contributed by atoms with van der Waals surface area (Å²) in [7, 11) is 2.15. The number of halogens is 1. The van der Waals surface area contributed by atoms with E-state index >= 15 is 0 Å². The number of anilines is 1. The quantitative estimate of drug-likeness (QED) is 0.900. The SMILES string of the molecule is CN(CCC1(CN)CC1)c1ccccc1Br. The predicted molar refractivity (Wildman–Crippen MR) is 72.8 cm³/mol. The Morgan fingerprint density at radius 2 is 2.06 bits per heavy atom. The number of nitrogens with two attached hydrogens (primary N) is 1. The first kappa shape index (κ1) is 11.9. The third-order valence-electron chi connectivity index (χ3n) is 3.63. The van der Waals surface area contributed by atoms with E-state index in [0.29, 0.717) is 5.41 Å². The lowest BCUT2D eigenvalue weighted by atomic mass is 10.0. The first-order valence-corrected chi connectivity index (χ1v) is 6.62. The average molecular weight is 283 g/mol. The number of hydrogen-bond acceptors (Lipinski definition) is 2. The van der Waals surface area contributed by atoms with Gasteiger partial charge in [-0.2, -0.15) is 0 Å². The molecule has 2 rings (SSSR count). The molecule has 0 atom stereocenters. The van der Waals surface area contributed by atoms with Gasteiger partial charge in [0.05, 0.1) is 5.69 Å². The Morgan fingerprint density at radius 1 is 1.38 bits per heavy atom. The van der Waals surface area contributed by atoms with Gasteiger partial charge in [0.15, 0.2) is 0 Å². The third kappa shape index (κ3) is 2.58. The van der Waals surface area contributed by atoms with Crippen LogP contribution in [0.25, 0.3) is 0 Å². The average Bonchev–Trinajstić information content (AvgIpc) is 3.07. The molecule has 0 radical (unpaired) electrons. The second-order valence-corrected chi connectivity index (χ2v) is 5.68. The van der Waals surface area contributed by atoms with Crippen molar-refractivity contribution in [3.8, 4) is 0 Å². The molecule has 0 spiro atoms. The smallest absolute Gasteiger partial charge is 0.0508 e. The van der Waals surface area contributed by atoms with Gasteiger partial charge in [0.1, 0.15) is 0 Å². The van der Waals surface area contributed by atoms with E-state index in [-0.39, 0.29) is 0 Å². The number of benzene rings is 1. The number of para-hydroxylation sites is 1. The fourth-order valence-electron chi connectivity index (χ4n) is 2.02. The number of rotatable bonds is 5. The highest BCUT2D eigenvalue weighted by Crippen LogP contribution is 2.47. The summed E-state index contributed by atoms with van der Waals surface area (Å²) >= 11 is 3.58. The maximum absolute atomic E-state index is 5.80. The molecule has 1 aliphatic rings. The highest BCUT2D eigenvalue weighted by atomic mass is 79.9. The summed E-state index contributed by atoms with van der Waals surface area (Å²) in [4.78, 5) is 2.31. The Hall–Kier alpha value is -0.540. The van der Waals surface area contributed by atoms with E-state index in [1.807, 2.05) is 6.07 Å². The van der Waals surface area contributed by atoms with E-state index in [1.54, 1.807) is 0 Å². The second-order valence-electron chi connectivity index (χ2n) is 4.83. The molecule has 1 aromatic rings. The van der Waals surface area contributed by atoms with Crippen LogP contribution in [0, 0.1) is 5.41 Å². The lowest BCUT2D eigenvalue weighted by Crippen LogP contribution is -2.25. The van der Waals surface area contributed by atoms with Gasteiger partial charge < -0.3 is 10.6 Å². The summed E-state index contributed by atoms with van der Waals surface area (Å²) in [6.45, 7) is 1.93. The van der Waals surface area contributed by atoms with Crippen LogP contribution in [0.2, 0.25) is 0 Å². The van der Waals surface area contributed by atoms with Crippen molar-refractivity contribution in [3.05, 3.63) is 28.7 Å². The summed E-state index contributed by atoms with van der Waals surface area (Å²) in [6, 6.07) is 8.35. The molecular weight excluding hydrogens is 264 g/mol. The molecule has 0 aliphatic heterocycles. The third-order valence-corrected chi connectivity index (χ3v) is 4.30. The van der Waals surface area contributed by atoms with E-state index in [0.717, 1.165) is 17.6 Å². The molecule has 1 aromatic carbocycles. The maximum atomic E-state index is 5.80. The zero-order chi connectivity index (χ0) is 11.6. The monoisotopic (exact) mass is 282 g/mol. The Balaban J connectivity index is 1.93. The number of nitrogens with zero attached hydrogens (tertiary/aromatic N) is 1. The molecule has 16 heavy (non-hydrogen) atoms. The van der Waals surface area contributed by atoms with Crippen molar-refractivity contribution in [3.63, 3.8) is 0 Å². The summed E-state index contributed by atoms with van der Waals surface area (Å²) in [6.07, 6.45) is 3.84. The van der Waals surface area contributed by atoms with Gasteiger partial charge in [-0.3, -0.25) is 0 Å². The lowest BCUT2D eigenvalue weighted by Gasteiger charge is -2.23. The number of hydrogen-bond donors (Lipinski definition) is 1. The summed E-state index contributed by atoms with van der Waals surface area (Å²) < 4.78 is 1.16. The molecule has 0 unspecified atom stereocenters. The Bertz CT molecular complexity index is 361. The minimum Gasteiger partial charge on any atom is -0.374 e. The van der Waals surface area contributed by atoms with Gasteiger partial charge >= 0.3 is 0 Å². The molecular formula is C13H19BrN2. The molecule has 2 nitrogen and oxygen atoms in total. The molecule has 0 bridgehead atoms. The van der Waals surface area contributed by atoms with Gasteiger partial charge in [0, 0.05) is 18.1 Å². The largest absolute Gasteiger partial charge is 0.374 e. The standard InChI is InChI=1S/C13H19BrN2/c1-16(9-8-13(10-15)6-7-13)12-5-3-2-4-11(12)14/h2-5H,6-10,15H2,1H3. The van der Waals surface area contributed by atoms with Crippen LogP contribution >= 0.6 is 15.9 Å². The molecule has 0 aromatic heterocycles. The van der Waals surface area contributed by atoms with Crippen LogP contribution in [0.15, 0.2) is 28.7 Å². The van der Waals surface area contributed by atoms with Crippen molar-refractivity contribution in [2.24, 2.45) is 11.1 Å². The first-order chi connectivity index (χ1) is 7.67. The molecule has 3 heteroatoms. The van der Waals surface area contributed by atoms with Crippen molar-refractivity contribution in [2.75, 3.05) is 25.0 Å². The first-order valence-electron chi connectivity index (χ1n) is 5.83. The van der Waals surface area contributed by atoms with Crippen LogP contribution in [0.5, 0.6) is 0 Å². The van der Waals surface area contributed by atoms with E-state index < -0.39 is 0 Å². The van der Waals surface area contributed by atoms with Crippen molar-refractivity contribution < 1.29 is 0 Å². The molecule has 0 heterocycles. The summed E-state index contributed by atoms with van der Waals surface area (Å²) in [5, 5.41) is 0. The highest BCUT2D eigenvalue weighted by Gasteiger charge is 2.40. The van der Waals surface area contributed by atoms with Crippen LogP contribution in [0.1, 0.15) is 19.3 Å².